The van der Waals surface area contributed by atoms with Crippen molar-refractivity contribution in [1.82, 2.24) is 0 Å². The number of carbonyl (C=O) groups excluding carboxylic acids is 4. The Hall–Kier alpha value is -3.62. The van der Waals surface area contributed by atoms with Gasteiger partial charge in [-0.1, -0.05) is 12.1 Å². The number of carbonyl (C=O) groups is 4. The van der Waals surface area contributed by atoms with Crippen molar-refractivity contribution in [3.63, 3.8) is 0 Å². The highest BCUT2D eigenvalue weighted by molar-refractivity contribution is 7.14. The average molecular weight is 432 g/mol. The van der Waals surface area contributed by atoms with Crippen molar-refractivity contribution in [2.24, 2.45) is 0 Å². The van der Waals surface area contributed by atoms with Crippen LogP contribution in [0.4, 0.5) is 0 Å². The summed E-state index contributed by atoms with van der Waals surface area (Å²) in [5.41, 5.74) is 1.57. The Labute approximate surface area is 176 Å². The van der Waals surface area contributed by atoms with Crippen molar-refractivity contribution in [1.29, 1.82) is 0 Å². The minimum atomic E-state index is -0.808. The van der Waals surface area contributed by atoms with Crippen LogP contribution in [0.3, 0.4) is 0 Å². The first-order chi connectivity index (χ1) is 14.5. The molecule has 30 heavy (non-hydrogen) atoms. The summed E-state index contributed by atoms with van der Waals surface area (Å²) >= 11 is 2.76. The van der Waals surface area contributed by atoms with Gasteiger partial charge in [0.1, 0.15) is 0 Å². The standard InChI is InChI=1S/C22H8O6S2/c23-19-11-7-9(13-3-1-5-29-13)17-15-12(20(24)27-21(17)25)8-10(14-4-2-6-30-14)18(16(11)15)22(26)28-19/h1-8H. The third-order valence-corrected chi connectivity index (χ3v) is 7.00. The lowest BCUT2D eigenvalue weighted by molar-refractivity contribution is 0.0366. The molecule has 4 heterocycles. The van der Waals surface area contributed by atoms with Crippen LogP contribution in [-0.2, 0) is 9.47 Å². The van der Waals surface area contributed by atoms with Crippen LogP contribution in [0.25, 0.3) is 31.7 Å². The molecule has 8 heteroatoms. The maximum atomic E-state index is 12.8. The fraction of sp³-hybridized carbons (Fsp3) is 0. The zero-order valence-corrected chi connectivity index (χ0v) is 16.5. The van der Waals surface area contributed by atoms with Gasteiger partial charge in [0.15, 0.2) is 0 Å². The summed E-state index contributed by atoms with van der Waals surface area (Å²) in [6, 6.07) is 10.3. The van der Waals surface area contributed by atoms with E-state index in [2.05, 4.69) is 0 Å². The topological polar surface area (TPSA) is 86.7 Å². The number of esters is 4. The van der Waals surface area contributed by atoms with Gasteiger partial charge >= 0.3 is 23.9 Å². The monoisotopic (exact) mass is 432 g/mol. The summed E-state index contributed by atoms with van der Waals surface area (Å²) in [7, 11) is 0. The number of benzene rings is 2. The summed E-state index contributed by atoms with van der Waals surface area (Å²) < 4.78 is 10.1. The molecule has 6 nitrogen and oxygen atoms in total. The van der Waals surface area contributed by atoms with Gasteiger partial charge in [0.2, 0.25) is 0 Å². The van der Waals surface area contributed by atoms with E-state index in [1.165, 1.54) is 22.7 Å². The van der Waals surface area contributed by atoms with Gasteiger partial charge in [0.05, 0.1) is 22.3 Å². The van der Waals surface area contributed by atoms with Gasteiger partial charge in [0, 0.05) is 31.7 Å². The molecular weight excluding hydrogens is 424 g/mol. The van der Waals surface area contributed by atoms with Crippen LogP contribution in [0.1, 0.15) is 41.4 Å². The number of hydrogen-bond donors (Lipinski definition) is 0. The summed E-state index contributed by atoms with van der Waals surface area (Å²) in [5, 5.41) is 4.20. The van der Waals surface area contributed by atoms with Gasteiger partial charge in [-0.05, 0) is 35.0 Å². The third-order valence-electron chi connectivity index (χ3n) is 5.20. The lowest BCUT2D eigenvalue weighted by atomic mass is 9.83. The van der Waals surface area contributed by atoms with E-state index in [0.29, 0.717) is 11.1 Å². The van der Waals surface area contributed by atoms with Crippen molar-refractivity contribution < 1.29 is 28.7 Å². The van der Waals surface area contributed by atoms with Crippen LogP contribution in [-0.4, -0.2) is 23.9 Å². The zero-order valence-electron chi connectivity index (χ0n) is 14.9. The lowest BCUT2D eigenvalue weighted by Gasteiger charge is -2.25. The van der Waals surface area contributed by atoms with E-state index in [4.69, 9.17) is 9.47 Å². The fourth-order valence-corrected chi connectivity index (χ4v) is 5.51. The Bertz CT molecular complexity index is 1330. The smallest absolute Gasteiger partial charge is 0.347 e. The van der Waals surface area contributed by atoms with Gasteiger partial charge in [-0.3, -0.25) is 0 Å². The molecule has 0 spiro atoms. The highest BCUT2D eigenvalue weighted by Gasteiger charge is 2.39. The lowest BCUT2D eigenvalue weighted by Crippen LogP contribution is -2.26. The van der Waals surface area contributed by atoms with E-state index in [-0.39, 0.29) is 33.0 Å². The zero-order chi connectivity index (χ0) is 20.6. The van der Waals surface area contributed by atoms with Crippen LogP contribution in [0.15, 0.2) is 47.2 Å². The molecule has 6 rings (SSSR count). The second-order valence-corrected chi connectivity index (χ2v) is 8.65. The molecule has 0 unspecified atom stereocenters. The maximum absolute atomic E-state index is 12.8. The second kappa shape index (κ2) is 5.94. The minimum absolute atomic E-state index is 0.147. The van der Waals surface area contributed by atoms with E-state index < -0.39 is 23.9 Å². The molecule has 2 aromatic carbocycles. The summed E-state index contributed by atoms with van der Waals surface area (Å²) in [5.74, 6) is -3.22. The number of ether oxygens (including phenoxy) is 2. The molecule has 2 aliphatic heterocycles. The van der Waals surface area contributed by atoms with E-state index in [9.17, 15) is 19.2 Å². The maximum Gasteiger partial charge on any atom is 0.347 e. The largest absolute Gasteiger partial charge is 0.386 e. The molecule has 0 N–H and O–H groups in total. The number of cyclic esters (lactones) is 4. The first-order valence-corrected chi connectivity index (χ1v) is 10.6. The molecule has 2 aromatic heterocycles. The molecule has 0 radical (unpaired) electrons. The van der Waals surface area contributed by atoms with Crippen LogP contribution in [0, 0.1) is 0 Å². The normalized spacial score (nSPS) is 14.8. The van der Waals surface area contributed by atoms with E-state index >= 15 is 0 Å². The fourth-order valence-electron chi connectivity index (χ4n) is 4.01. The van der Waals surface area contributed by atoms with E-state index in [1.807, 2.05) is 22.9 Å². The molecule has 0 atom stereocenters. The van der Waals surface area contributed by atoms with Crippen molar-refractivity contribution in [3.8, 4) is 20.9 Å². The number of thiophene rings is 2. The van der Waals surface area contributed by atoms with Crippen LogP contribution in [0.2, 0.25) is 0 Å². The Kier molecular flexibility index (Phi) is 3.42. The van der Waals surface area contributed by atoms with Crippen molar-refractivity contribution in [3.05, 3.63) is 69.4 Å². The van der Waals surface area contributed by atoms with Crippen molar-refractivity contribution >= 4 is 57.3 Å². The van der Waals surface area contributed by atoms with Crippen LogP contribution < -0.4 is 0 Å². The molecule has 144 valence electrons. The van der Waals surface area contributed by atoms with E-state index in [0.717, 1.165) is 9.75 Å². The Morgan fingerprint density at radius 2 is 1.00 bits per heavy atom. The Morgan fingerprint density at radius 1 is 0.567 bits per heavy atom. The summed E-state index contributed by atoms with van der Waals surface area (Å²) in [4.78, 5) is 52.3. The molecular formula is C22H8O6S2. The number of hydrogen-bond acceptors (Lipinski definition) is 8. The highest BCUT2D eigenvalue weighted by Crippen LogP contribution is 2.46. The first kappa shape index (κ1) is 17.3. The quantitative estimate of drug-likeness (QED) is 0.330. The molecule has 0 saturated carbocycles. The van der Waals surface area contributed by atoms with Gasteiger partial charge in [-0.15, -0.1) is 22.7 Å². The second-order valence-electron chi connectivity index (χ2n) is 6.75. The van der Waals surface area contributed by atoms with Crippen LogP contribution >= 0.6 is 22.7 Å². The van der Waals surface area contributed by atoms with Gasteiger partial charge in [-0.25, -0.2) is 19.2 Å². The minimum Gasteiger partial charge on any atom is -0.386 e. The van der Waals surface area contributed by atoms with E-state index in [1.54, 1.807) is 24.3 Å². The summed E-state index contributed by atoms with van der Waals surface area (Å²) in [6.45, 7) is 0. The Morgan fingerprint density at radius 3 is 1.37 bits per heavy atom. The molecule has 0 bridgehead atoms. The molecule has 4 aromatic rings. The predicted octanol–water partition coefficient (Wildman–Crippen LogP) is 4.92. The SMILES string of the molecule is O=C1OC(=O)c2c(-c3cccs3)cc3c4c(c(-c5cccs5)cc1c24)C(=O)OC3=O. The highest BCUT2D eigenvalue weighted by atomic mass is 32.1. The number of rotatable bonds is 2. The summed E-state index contributed by atoms with van der Waals surface area (Å²) in [6.07, 6.45) is 0. The van der Waals surface area contributed by atoms with Gasteiger partial charge < -0.3 is 9.47 Å². The molecule has 0 fully saturated rings. The third kappa shape index (κ3) is 2.17. The average Bonchev–Trinajstić information content (AvgIpc) is 3.43. The van der Waals surface area contributed by atoms with Crippen molar-refractivity contribution in [2.45, 2.75) is 0 Å². The first-order valence-electron chi connectivity index (χ1n) is 8.83. The van der Waals surface area contributed by atoms with Gasteiger partial charge in [0.25, 0.3) is 0 Å². The molecule has 2 aliphatic rings. The van der Waals surface area contributed by atoms with Crippen LogP contribution in [0.5, 0.6) is 0 Å². The molecule has 0 aliphatic carbocycles. The van der Waals surface area contributed by atoms with Crippen molar-refractivity contribution in [2.75, 3.05) is 0 Å². The predicted molar refractivity (Wildman–Crippen MR) is 110 cm³/mol. The van der Waals surface area contributed by atoms with Gasteiger partial charge in [-0.2, -0.15) is 0 Å². The Balaban J connectivity index is 1.88. The molecule has 0 saturated heterocycles. The molecule has 0 amide bonds.